The highest BCUT2D eigenvalue weighted by Crippen LogP contribution is 2.67. The van der Waals surface area contributed by atoms with Crippen molar-refractivity contribution in [3.63, 3.8) is 0 Å². The van der Waals surface area contributed by atoms with Crippen LogP contribution in [0.4, 0.5) is 0 Å². The molecule has 0 saturated carbocycles. The van der Waals surface area contributed by atoms with Crippen molar-refractivity contribution >= 4 is 15.0 Å². The van der Waals surface area contributed by atoms with Crippen LogP contribution in [0.2, 0.25) is 0 Å². The molecule has 0 spiro atoms. The van der Waals surface area contributed by atoms with Gasteiger partial charge in [-0.05, 0) is 20.3 Å². The first kappa shape index (κ1) is 15.3. The van der Waals surface area contributed by atoms with E-state index in [2.05, 4.69) is 4.52 Å². The highest BCUT2D eigenvalue weighted by molar-refractivity contribution is 7.74. The third kappa shape index (κ3) is 3.66. The Kier molecular flexibility index (Phi) is 5.69. The van der Waals surface area contributed by atoms with Crippen LogP contribution in [0.5, 0.6) is 0 Å². The van der Waals surface area contributed by atoms with Gasteiger partial charge in [0.1, 0.15) is 11.2 Å². The SMILES string of the molecule is CCOP(=O)(O)C(CC)P(=O)(O)C(C)O. The maximum absolute atomic E-state index is 11.7. The summed E-state index contributed by atoms with van der Waals surface area (Å²) < 4.78 is 27.8. The molecule has 0 radical (unpaired) electrons. The fourth-order valence-electron chi connectivity index (χ4n) is 1.22. The maximum atomic E-state index is 11.7. The molecule has 0 heterocycles. The molecule has 0 aromatic carbocycles. The summed E-state index contributed by atoms with van der Waals surface area (Å²) in [7, 11) is -8.26. The van der Waals surface area contributed by atoms with Crippen molar-refractivity contribution in [1.82, 2.24) is 0 Å². The van der Waals surface area contributed by atoms with Crippen LogP contribution in [0.1, 0.15) is 27.2 Å². The number of hydrogen-bond acceptors (Lipinski definition) is 4. The zero-order valence-electron chi connectivity index (χ0n) is 9.03. The molecule has 8 heteroatoms. The van der Waals surface area contributed by atoms with Gasteiger partial charge in [0.15, 0.2) is 0 Å². The van der Waals surface area contributed by atoms with E-state index in [1.165, 1.54) is 13.8 Å². The molecule has 0 aliphatic carbocycles. The minimum Gasteiger partial charge on any atom is -0.383 e. The Morgan fingerprint density at radius 1 is 1.27 bits per heavy atom. The molecule has 0 aliphatic heterocycles. The molecular weight excluding hydrogens is 242 g/mol. The van der Waals surface area contributed by atoms with E-state index in [4.69, 9.17) is 5.11 Å². The second-order valence-electron chi connectivity index (χ2n) is 3.18. The van der Waals surface area contributed by atoms with Gasteiger partial charge >= 0.3 is 7.60 Å². The van der Waals surface area contributed by atoms with Crippen molar-refractivity contribution in [3.05, 3.63) is 0 Å². The molecule has 4 atom stereocenters. The Morgan fingerprint density at radius 3 is 2.00 bits per heavy atom. The summed E-state index contributed by atoms with van der Waals surface area (Å²) in [6.07, 6.45) is -0.00748. The third-order valence-electron chi connectivity index (χ3n) is 2.02. The predicted octanol–water partition coefficient (Wildman–Crippen LogP) is 1.55. The van der Waals surface area contributed by atoms with E-state index in [0.717, 1.165) is 6.92 Å². The van der Waals surface area contributed by atoms with Crippen molar-refractivity contribution in [2.75, 3.05) is 6.61 Å². The molecule has 0 saturated heterocycles. The molecule has 6 nitrogen and oxygen atoms in total. The second kappa shape index (κ2) is 5.58. The number of aliphatic hydroxyl groups excluding tert-OH is 1. The van der Waals surface area contributed by atoms with E-state index in [0.29, 0.717) is 0 Å². The lowest BCUT2D eigenvalue weighted by Crippen LogP contribution is -2.17. The van der Waals surface area contributed by atoms with Crippen LogP contribution >= 0.6 is 15.0 Å². The van der Waals surface area contributed by atoms with Crippen LogP contribution in [0.25, 0.3) is 0 Å². The summed E-state index contributed by atoms with van der Waals surface area (Å²) in [6.45, 7) is 4.11. The van der Waals surface area contributed by atoms with E-state index >= 15 is 0 Å². The Labute approximate surface area is 89.3 Å². The van der Waals surface area contributed by atoms with Crippen molar-refractivity contribution in [2.24, 2.45) is 0 Å². The Bertz CT molecular complexity index is 289. The highest BCUT2D eigenvalue weighted by Gasteiger charge is 2.47. The van der Waals surface area contributed by atoms with Gasteiger partial charge in [0, 0.05) is 0 Å². The molecule has 3 N–H and O–H groups in total. The van der Waals surface area contributed by atoms with E-state index in [9.17, 15) is 18.9 Å². The van der Waals surface area contributed by atoms with E-state index < -0.39 is 26.2 Å². The van der Waals surface area contributed by atoms with Crippen LogP contribution in [-0.2, 0) is 13.7 Å². The molecule has 0 bridgehead atoms. The summed E-state index contributed by atoms with van der Waals surface area (Å²) in [5.74, 6) is -1.54. The lowest BCUT2D eigenvalue weighted by molar-refractivity contribution is 0.239. The van der Waals surface area contributed by atoms with Crippen LogP contribution in [0.15, 0.2) is 0 Å². The molecular formula is C7H18O6P2. The van der Waals surface area contributed by atoms with Gasteiger partial charge in [-0.2, -0.15) is 0 Å². The molecule has 0 aliphatic rings. The van der Waals surface area contributed by atoms with E-state index in [1.807, 2.05) is 0 Å². The average Bonchev–Trinajstić information content (AvgIpc) is 2.03. The molecule has 4 unspecified atom stereocenters. The van der Waals surface area contributed by atoms with Crippen molar-refractivity contribution in [2.45, 2.75) is 38.4 Å². The van der Waals surface area contributed by atoms with Crippen molar-refractivity contribution < 1.29 is 28.5 Å². The van der Waals surface area contributed by atoms with Crippen LogP contribution in [0.3, 0.4) is 0 Å². The summed E-state index contributed by atoms with van der Waals surface area (Å²) in [6, 6.07) is 0. The summed E-state index contributed by atoms with van der Waals surface area (Å²) in [5, 5.41) is 7.69. The Balaban J connectivity index is 5.08. The zero-order valence-corrected chi connectivity index (χ0v) is 10.8. The second-order valence-corrected chi connectivity index (χ2v) is 8.31. The minimum atomic E-state index is -4.15. The minimum absolute atomic E-state index is 0.00748. The van der Waals surface area contributed by atoms with Crippen molar-refractivity contribution in [1.29, 1.82) is 0 Å². The van der Waals surface area contributed by atoms with Gasteiger partial charge in [0.05, 0.1) is 6.61 Å². The monoisotopic (exact) mass is 260 g/mol. The topological polar surface area (TPSA) is 104 Å². The van der Waals surface area contributed by atoms with Gasteiger partial charge in [0.25, 0.3) is 0 Å². The number of rotatable bonds is 6. The Morgan fingerprint density at radius 2 is 1.73 bits per heavy atom. The molecule has 92 valence electrons. The predicted molar refractivity (Wildman–Crippen MR) is 57.0 cm³/mol. The first-order chi connectivity index (χ1) is 6.70. The number of aliphatic hydroxyl groups is 1. The summed E-state index contributed by atoms with van der Waals surface area (Å²) >= 11 is 0. The molecule has 0 rings (SSSR count). The van der Waals surface area contributed by atoms with Crippen LogP contribution in [-0.4, -0.2) is 32.7 Å². The van der Waals surface area contributed by atoms with Gasteiger partial charge in [-0.15, -0.1) is 0 Å². The summed E-state index contributed by atoms with van der Waals surface area (Å²) in [4.78, 5) is 19.0. The quantitative estimate of drug-likeness (QED) is 0.626. The third-order valence-corrected chi connectivity index (χ3v) is 7.92. The highest BCUT2D eigenvalue weighted by atomic mass is 31.2. The number of hydrogen-bond donors (Lipinski definition) is 3. The van der Waals surface area contributed by atoms with Gasteiger partial charge in [-0.1, -0.05) is 6.92 Å². The van der Waals surface area contributed by atoms with Crippen LogP contribution < -0.4 is 0 Å². The fourth-order valence-corrected chi connectivity index (χ4v) is 5.70. The molecule has 0 fully saturated rings. The largest absolute Gasteiger partial charge is 0.383 e. The molecule has 0 amide bonds. The van der Waals surface area contributed by atoms with E-state index in [1.54, 1.807) is 0 Å². The lowest BCUT2D eigenvalue weighted by atomic mass is 10.6. The van der Waals surface area contributed by atoms with Gasteiger partial charge in [0.2, 0.25) is 7.37 Å². The molecule has 0 aromatic rings. The van der Waals surface area contributed by atoms with Crippen LogP contribution in [0, 0.1) is 0 Å². The smallest absolute Gasteiger partial charge is 0.340 e. The van der Waals surface area contributed by atoms with Gasteiger partial charge < -0.3 is 19.4 Å². The van der Waals surface area contributed by atoms with Crippen molar-refractivity contribution in [3.8, 4) is 0 Å². The standard InChI is InChI=1S/C7H18O6P2/c1-4-7(14(9,10)6(3)8)15(11,12)13-5-2/h6-8H,4-5H2,1-3H3,(H,9,10)(H,11,12). The fraction of sp³-hybridized carbons (Fsp3) is 1.00. The molecule has 15 heavy (non-hydrogen) atoms. The first-order valence-corrected chi connectivity index (χ1v) is 8.11. The van der Waals surface area contributed by atoms with E-state index in [-0.39, 0.29) is 13.0 Å². The Hall–Kier alpha value is 0.300. The van der Waals surface area contributed by atoms with Gasteiger partial charge in [-0.25, -0.2) is 0 Å². The summed E-state index contributed by atoms with van der Waals surface area (Å²) in [5.41, 5.74) is 0. The average molecular weight is 260 g/mol. The normalized spacial score (nSPS) is 23.9. The first-order valence-electron chi connectivity index (χ1n) is 4.67. The zero-order chi connectivity index (χ0) is 12.3. The lowest BCUT2D eigenvalue weighted by Gasteiger charge is -2.27. The van der Waals surface area contributed by atoms with Gasteiger partial charge in [-0.3, -0.25) is 9.13 Å². The molecule has 0 aromatic heterocycles. The maximum Gasteiger partial charge on any atom is 0.340 e.